The van der Waals surface area contributed by atoms with Crippen molar-refractivity contribution in [2.24, 2.45) is 0 Å². The van der Waals surface area contributed by atoms with E-state index in [1.54, 1.807) is 0 Å². The van der Waals surface area contributed by atoms with E-state index in [4.69, 9.17) is 0 Å². The molecule has 0 radical (unpaired) electrons. The van der Waals surface area contributed by atoms with Gasteiger partial charge in [0.25, 0.3) is 0 Å². The molecule has 4 aliphatic rings. The Hall–Kier alpha value is -6.14. The maximum absolute atomic E-state index is 2.77. The van der Waals surface area contributed by atoms with Crippen LogP contribution in [0, 0.1) is 6.92 Å². The third-order valence-corrected chi connectivity index (χ3v) is 18.4. The van der Waals surface area contributed by atoms with E-state index < -0.39 is 0 Å². The lowest BCUT2D eigenvalue weighted by atomic mass is 9.42. The average molecular weight is 873 g/mol. The summed E-state index contributed by atoms with van der Waals surface area (Å²) in [7, 11) is 0. The number of para-hydroxylation sites is 2. The lowest BCUT2D eigenvalue weighted by Gasteiger charge is -2.51. The maximum Gasteiger partial charge on any atom is 0.333 e. The SMILES string of the molecule is Cc1ccc(N2c3cc4sc5cc6c(cc5c4cc3B3c4c2cc2c(sc5ccccc52)c4-c2cccc4c2N3c2ccccc2C4(C)C)C(C)(C)CCC6(C)C)c(-c2ccccc2)c1. The van der Waals surface area contributed by atoms with Crippen molar-refractivity contribution in [2.75, 3.05) is 9.71 Å². The van der Waals surface area contributed by atoms with Gasteiger partial charge in [-0.25, -0.2) is 0 Å². The molecule has 0 fully saturated rings. The van der Waals surface area contributed by atoms with Gasteiger partial charge in [-0.3, -0.25) is 0 Å². The zero-order valence-electron chi connectivity index (χ0n) is 38.1. The fraction of sp³-hybridized carbons (Fsp3) is 0.200. The second kappa shape index (κ2) is 12.8. The minimum Gasteiger partial charge on any atom is -0.376 e. The molecule has 0 saturated carbocycles. The summed E-state index contributed by atoms with van der Waals surface area (Å²) >= 11 is 3.95. The van der Waals surface area contributed by atoms with Crippen LogP contribution in [-0.2, 0) is 16.2 Å². The van der Waals surface area contributed by atoms with E-state index >= 15 is 0 Å². The van der Waals surface area contributed by atoms with Gasteiger partial charge in [-0.1, -0.05) is 144 Å². The van der Waals surface area contributed by atoms with E-state index in [-0.39, 0.29) is 23.1 Å². The summed E-state index contributed by atoms with van der Waals surface area (Å²) in [6.07, 6.45) is 2.41. The van der Waals surface area contributed by atoms with Gasteiger partial charge < -0.3 is 9.71 Å². The summed E-state index contributed by atoms with van der Waals surface area (Å²) < 4.78 is 5.46. The van der Waals surface area contributed by atoms with E-state index in [0.717, 1.165) is 0 Å². The van der Waals surface area contributed by atoms with Crippen molar-refractivity contribution >= 4 is 109 Å². The molecule has 5 heterocycles. The first-order valence-corrected chi connectivity index (χ1v) is 25.0. The first-order valence-electron chi connectivity index (χ1n) is 23.4. The fourth-order valence-electron chi connectivity index (χ4n) is 12.7. The van der Waals surface area contributed by atoms with Crippen molar-refractivity contribution in [1.82, 2.24) is 0 Å². The summed E-state index contributed by atoms with van der Waals surface area (Å²) in [5.41, 5.74) is 21.5. The molecule has 314 valence electrons. The van der Waals surface area contributed by atoms with Crippen LogP contribution in [0.2, 0.25) is 0 Å². The van der Waals surface area contributed by atoms with Gasteiger partial charge in [0, 0.05) is 85.2 Å². The van der Waals surface area contributed by atoms with Crippen LogP contribution >= 0.6 is 22.7 Å². The van der Waals surface area contributed by atoms with E-state index in [1.807, 2.05) is 22.7 Å². The van der Waals surface area contributed by atoms with Crippen molar-refractivity contribution in [3.05, 3.63) is 173 Å². The molecule has 2 aromatic heterocycles. The second-order valence-corrected chi connectivity index (χ2v) is 23.3. The Morgan fingerprint density at radius 3 is 2.03 bits per heavy atom. The molecule has 0 amide bonds. The molecule has 3 aliphatic heterocycles. The van der Waals surface area contributed by atoms with Crippen molar-refractivity contribution < 1.29 is 0 Å². The number of thiophene rings is 2. The van der Waals surface area contributed by atoms with Crippen LogP contribution in [-0.4, -0.2) is 6.85 Å². The highest BCUT2D eigenvalue weighted by Gasteiger charge is 2.51. The predicted molar refractivity (Wildman–Crippen MR) is 284 cm³/mol. The number of anilines is 5. The molecule has 1 aliphatic carbocycles. The van der Waals surface area contributed by atoms with E-state index in [0.29, 0.717) is 0 Å². The third kappa shape index (κ3) is 5.01. The summed E-state index contributed by atoms with van der Waals surface area (Å²) in [6.45, 7) is 16.9. The molecule has 5 heteroatoms. The minimum absolute atomic E-state index is 0.0651. The summed E-state index contributed by atoms with van der Waals surface area (Å²) in [5, 5.41) is 5.43. The Balaban J connectivity index is 1.18. The summed E-state index contributed by atoms with van der Waals surface area (Å²) in [6, 6.07) is 56.7. The highest BCUT2D eigenvalue weighted by Crippen LogP contribution is 2.59. The predicted octanol–water partition coefficient (Wildman–Crippen LogP) is 16.1. The van der Waals surface area contributed by atoms with Gasteiger partial charge >= 0.3 is 6.85 Å². The molecule has 14 rings (SSSR count). The first kappa shape index (κ1) is 38.2. The topological polar surface area (TPSA) is 6.48 Å². The Morgan fingerprint density at radius 1 is 0.492 bits per heavy atom. The van der Waals surface area contributed by atoms with E-state index in [2.05, 4.69) is 204 Å². The molecule has 0 saturated heterocycles. The molecule has 0 bridgehead atoms. The monoisotopic (exact) mass is 872 g/mol. The van der Waals surface area contributed by atoms with Crippen molar-refractivity contribution in [2.45, 2.75) is 77.6 Å². The number of aryl methyl sites for hydroxylation is 1. The van der Waals surface area contributed by atoms with Gasteiger partial charge in [0.1, 0.15) is 0 Å². The Bertz CT molecular complexity index is 3740. The van der Waals surface area contributed by atoms with Crippen molar-refractivity contribution in [3.8, 4) is 22.3 Å². The summed E-state index contributed by atoms with van der Waals surface area (Å²) in [4.78, 5) is 5.45. The number of benzene rings is 8. The van der Waals surface area contributed by atoms with Crippen LogP contribution in [0.5, 0.6) is 0 Å². The normalized spacial score (nSPS) is 17.0. The summed E-state index contributed by atoms with van der Waals surface area (Å²) in [5.74, 6) is 0. The van der Waals surface area contributed by atoms with Gasteiger partial charge in [0.15, 0.2) is 0 Å². The molecule has 2 nitrogen and oxygen atoms in total. The van der Waals surface area contributed by atoms with E-state index in [9.17, 15) is 0 Å². The van der Waals surface area contributed by atoms with Crippen LogP contribution in [0.3, 0.4) is 0 Å². The average Bonchev–Trinajstić information content (AvgIpc) is 3.86. The van der Waals surface area contributed by atoms with Gasteiger partial charge in [0.05, 0.1) is 5.69 Å². The number of hydrogen-bond donors (Lipinski definition) is 0. The first-order chi connectivity index (χ1) is 31.4. The van der Waals surface area contributed by atoms with Crippen LogP contribution in [0.15, 0.2) is 146 Å². The second-order valence-electron chi connectivity index (χ2n) is 21.2. The Morgan fingerprint density at radius 2 is 1.20 bits per heavy atom. The molecule has 65 heavy (non-hydrogen) atoms. The Kier molecular flexibility index (Phi) is 7.52. The lowest BCUT2D eigenvalue weighted by Crippen LogP contribution is -2.63. The van der Waals surface area contributed by atoms with Crippen LogP contribution < -0.4 is 20.6 Å². The van der Waals surface area contributed by atoms with Crippen LogP contribution in [0.1, 0.15) is 82.2 Å². The smallest absolute Gasteiger partial charge is 0.333 e. The largest absolute Gasteiger partial charge is 0.376 e. The fourth-order valence-corrected chi connectivity index (χ4v) is 15.0. The molecule has 8 aromatic carbocycles. The molecule has 10 aromatic rings. The van der Waals surface area contributed by atoms with Gasteiger partial charge in [-0.15, -0.1) is 22.7 Å². The Labute approximate surface area is 389 Å². The van der Waals surface area contributed by atoms with Gasteiger partial charge in [-0.05, 0) is 118 Å². The molecule has 0 spiro atoms. The maximum atomic E-state index is 2.77. The molecule has 0 N–H and O–H groups in total. The number of nitrogens with zero attached hydrogens (tertiary/aromatic N) is 2. The highest BCUT2D eigenvalue weighted by atomic mass is 32.1. The van der Waals surface area contributed by atoms with Crippen LogP contribution in [0.25, 0.3) is 62.6 Å². The quantitative estimate of drug-likeness (QED) is 0.160. The van der Waals surface area contributed by atoms with Crippen molar-refractivity contribution in [3.63, 3.8) is 0 Å². The van der Waals surface area contributed by atoms with Gasteiger partial charge in [0.2, 0.25) is 0 Å². The molecular weight excluding hydrogens is 824 g/mol. The third-order valence-electron chi connectivity index (χ3n) is 16.1. The zero-order chi connectivity index (χ0) is 43.9. The minimum atomic E-state index is -0.184. The van der Waals surface area contributed by atoms with Crippen molar-refractivity contribution in [1.29, 1.82) is 0 Å². The molecule has 0 unspecified atom stereocenters. The molecule has 0 atom stereocenters. The highest BCUT2D eigenvalue weighted by molar-refractivity contribution is 7.27. The number of fused-ring (bicyclic) bond motifs is 14. The lowest BCUT2D eigenvalue weighted by molar-refractivity contribution is 0.332. The zero-order valence-corrected chi connectivity index (χ0v) is 39.7. The number of hydrogen-bond acceptors (Lipinski definition) is 4. The van der Waals surface area contributed by atoms with Gasteiger partial charge in [-0.2, -0.15) is 0 Å². The number of rotatable bonds is 2. The molecular formula is C60H49BN2S2. The standard InChI is InChI=1S/C60H49BN2S2/c1-34-24-25-47(38(28-34)35-16-9-8-10-17-35)62-49-33-53-40(39-29-44-45(32-52(39)64-53)59(4,5)27-26-58(44,2)3)30-46(49)61-55-50(62)31-41-36-18-11-14-23-51(36)65-57(41)54(55)37-19-15-21-43-56(37)63(61)48-22-13-12-20-42(48)60(43,6)7/h8-25,28-33H,26-27H2,1-7H3. The van der Waals surface area contributed by atoms with Crippen LogP contribution in [0.4, 0.5) is 28.4 Å². The van der Waals surface area contributed by atoms with E-state index in [1.165, 1.54) is 143 Å².